The van der Waals surface area contributed by atoms with Gasteiger partial charge in [0.05, 0.1) is 11.1 Å². The highest BCUT2D eigenvalue weighted by molar-refractivity contribution is 14.1. The van der Waals surface area contributed by atoms with Crippen molar-refractivity contribution in [3.05, 3.63) is 27.2 Å². The number of fused-ring (bicyclic) bond motifs is 1. The summed E-state index contributed by atoms with van der Waals surface area (Å²) in [5, 5.41) is 15.7. The molecule has 1 aromatic carbocycles. The van der Waals surface area contributed by atoms with Crippen molar-refractivity contribution in [2.45, 2.75) is 0 Å². The highest BCUT2D eigenvalue weighted by atomic mass is 127. The third-order valence-electron chi connectivity index (χ3n) is 1.81. The van der Waals surface area contributed by atoms with E-state index in [4.69, 9.17) is 5.11 Å². The van der Waals surface area contributed by atoms with E-state index in [1.165, 1.54) is 6.07 Å². The minimum atomic E-state index is -1.16. The molecule has 4 nitrogen and oxygen atoms in total. The summed E-state index contributed by atoms with van der Waals surface area (Å²) in [6.07, 6.45) is 0. The van der Waals surface area contributed by atoms with Gasteiger partial charge in [0, 0.05) is 11.5 Å². The number of carboxylic acids is 1. The van der Waals surface area contributed by atoms with Gasteiger partial charge in [-0.1, -0.05) is 0 Å². The van der Waals surface area contributed by atoms with Crippen LogP contribution in [0.15, 0.2) is 12.1 Å². The third-order valence-corrected chi connectivity index (χ3v) is 2.59. The van der Waals surface area contributed by atoms with Gasteiger partial charge in [0.15, 0.2) is 0 Å². The molecule has 0 bridgehead atoms. The zero-order valence-corrected chi connectivity index (χ0v) is 8.87. The number of aromatic nitrogens is 2. The Balaban J connectivity index is 2.90. The van der Waals surface area contributed by atoms with Crippen molar-refractivity contribution in [1.82, 2.24) is 10.2 Å². The summed E-state index contributed by atoms with van der Waals surface area (Å²) < 4.78 is 13.5. The van der Waals surface area contributed by atoms with Crippen LogP contribution in [0.25, 0.3) is 10.9 Å². The summed E-state index contributed by atoms with van der Waals surface area (Å²) >= 11 is 1.92. The molecule has 0 aliphatic carbocycles. The van der Waals surface area contributed by atoms with Gasteiger partial charge in [-0.3, -0.25) is 5.10 Å². The normalized spacial score (nSPS) is 10.7. The van der Waals surface area contributed by atoms with E-state index in [1.807, 2.05) is 22.6 Å². The van der Waals surface area contributed by atoms with Crippen molar-refractivity contribution < 1.29 is 14.3 Å². The molecule has 2 rings (SSSR count). The number of hydrogen-bond acceptors (Lipinski definition) is 2. The Morgan fingerprint density at radius 2 is 2.29 bits per heavy atom. The number of aromatic carboxylic acids is 1. The van der Waals surface area contributed by atoms with Gasteiger partial charge in [-0.25, -0.2) is 9.18 Å². The molecule has 14 heavy (non-hydrogen) atoms. The molecule has 0 aliphatic rings. The average molecular weight is 306 g/mol. The van der Waals surface area contributed by atoms with Crippen LogP contribution in [0.5, 0.6) is 0 Å². The first-order chi connectivity index (χ1) is 6.59. The molecular weight excluding hydrogens is 302 g/mol. The topological polar surface area (TPSA) is 66.0 Å². The van der Waals surface area contributed by atoms with E-state index < -0.39 is 11.8 Å². The van der Waals surface area contributed by atoms with Gasteiger partial charge in [-0.15, -0.1) is 0 Å². The van der Waals surface area contributed by atoms with Crippen LogP contribution in [0.3, 0.4) is 0 Å². The lowest BCUT2D eigenvalue weighted by atomic mass is 10.1. The first-order valence-electron chi connectivity index (χ1n) is 3.66. The number of H-pyrrole nitrogens is 1. The Hall–Kier alpha value is -1.18. The van der Waals surface area contributed by atoms with E-state index in [1.54, 1.807) is 0 Å². The Kier molecular flexibility index (Phi) is 2.14. The van der Waals surface area contributed by atoms with Crippen LogP contribution in [0.2, 0.25) is 0 Å². The lowest BCUT2D eigenvalue weighted by Gasteiger charge is -1.97. The second kappa shape index (κ2) is 3.19. The molecule has 0 saturated carbocycles. The number of rotatable bonds is 1. The van der Waals surface area contributed by atoms with Crippen molar-refractivity contribution in [3.63, 3.8) is 0 Å². The number of nitrogens with one attached hydrogen (secondary N) is 1. The number of nitrogens with zero attached hydrogens (tertiary/aromatic N) is 1. The van der Waals surface area contributed by atoms with E-state index in [-0.39, 0.29) is 5.56 Å². The summed E-state index contributed by atoms with van der Waals surface area (Å²) in [6, 6.07) is 2.18. The van der Waals surface area contributed by atoms with E-state index in [0.717, 1.165) is 6.07 Å². The molecular formula is C8H4FIN2O2. The third kappa shape index (κ3) is 1.35. The number of aromatic amines is 1. The van der Waals surface area contributed by atoms with E-state index >= 15 is 0 Å². The fourth-order valence-corrected chi connectivity index (χ4v) is 1.93. The van der Waals surface area contributed by atoms with Crippen LogP contribution in [-0.2, 0) is 0 Å². The maximum atomic E-state index is 12.9. The number of halogens is 2. The summed E-state index contributed by atoms with van der Waals surface area (Å²) in [6.45, 7) is 0. The van der Waals surface area contributed by atoms with Crippen LogP contribution in [0.1, 0.15) is 10.4 Å². The average Bonchev–Trinajstić information content (AvgIpc) is 2.46. The van der Waals surface area contributed by atoms with Crippen LogP contribution in [-0.4, -0.2) is 21.3 Å². The van der Waals surface area contributed by atoms with Crippen LogP contribution in [0, 0.1) is 9.52 Å². The fraction of sp³-hybridized carbons (Fsp3) is 0. The largest absolute Gasteiger partial charge is 0.478 e. The molecule has 1 heterocycles. The Bertz CT molecular complexity index is 523. The molecule has 0 aliphatic heterocycles. The SMILES string of the molecule is O=C(O)c1cc(F)cc2n[nH]c(I)c12. The van der Waals surface area contributed by atoms with Gasteiger partial charge in [-0.05, 0) is 28.7 Å². The Morgan fingerprint density at radius 3 is 2.93 bits per heavy atom. The Morgan fingerprint density at radius 1 is 1.57 bits per heavy atom. The molecule has 0 radical (unpaired) electrons. The van der Waals surface area contributed by atoms with E-state index in [9.17, 15) is 9.18 Å². The zero-order chi connectivity index (χ0) is 10.3. The van der Waals surface area contributed by atoms with Crippen molar-refractivity contribution in [2.75, 3.05) is 0 Å². The number of benzene rings is 1. The van der Waals surface area contributed by atoms with Gasteiger partial charge in [0.1, 0.15) is 9.52 Å². The molecule has 0 unspecified atom stereocenters. The second-order valence-electron chi connectivity index (χ2n) is 2.69. The smallest absolute Gasteiger partial charge is 0.336 e. The van der Waals surface area contributed by atoms with Crippen molar-refractivity contribution >= 4 is 39.5 Å². The lowest BCUT2D eigenvalue weighted by Crippen LogP contribution is -1.98. The van der Waals surface area contributed by atoms with E-state index in [2.05, 4.69) is 10.2 Å². The number of carboxylic acid groups (broad SMARTS) is 1. The molecule has 2 aromatic rings. The van der Waals surface area contributed by atoms with E-state index in [0.29, 0.717) is 14.6 Å². The predicted octanol–water partition coefficient (Wildman–Crippen LogP) is 2.00. The summed E-state index contributed by atoms with van der Waals surface area (Å²) in [4.78, 5) is 10.8. The van der Waals surface area contributed by atoms with Gasteiger partial charge in [-0.2, -0.15) is 5.10 Å². The van der Waals surface area contributed by atoms with Gasteiger partial charge in [0.2, 0.25) is 0 Å². The molecule has 6 heteroatoms. The molecule has 72 valence electrons. The molecule has 0 fully saturated rings. The zero-order valence-electron chi connectivity index (χ0n) is 6.71. The number of hydrogen-bond donors (Lipinski definition) is 2. The standard InChI is InChI=1S/C8H4FIN2O2/c9-3-1-4(8(13)14)6-5(2-3)11-12-7(6)10/h1-2H,(H,11,12)(H,13,14). The first-order valence-corrected chi connectivity index (χ1v) is 4.74. The molecule has 0 saturated heterocycles. The predicted molar refractivity (Wildman–Crippen MR) is 55.7 cm³/mol. The van der Waals surface area contributed by atoms with Crippen LogP contribution >= 0.6 is 22.6 Å². The minimum absolute atomic E-state index is 0.0712. The lowest BCUT2D eigenvalue weighted by molar-refractivity contribution is 0.0698. The van der Waals surface area contributed by atoms with Crippen LogP contribution < -0.4 is 0 Å². The molecule has 1 aromatic heterocycles. The molecule has 0 amide bonds. The van der Waals surface area contributed by atoms with Gasteiger partial charge >= 0.3 is 5.97 Å². The fourth-order valence-electron chi connectivity index (χ4n) is 1.25. The summed E-state index contributed by atoms with van der Waals surface area (Å²) in [5.74, 6) is -1.76. The van der Waals surface area contributed by atoms with Crippen molar-refractivity contribution in [3.8, 4) is 0 Å². The molecule has 2 N–H and O–H groups in total. The minimum Gasteiger partial charge on any atom is -0.478 e. The maximum absolute atomic E-state index is 12.9. The second-order valence-corrected chi connectivity index (χ2v) is 3.77. The summed E-state index contributed by atoms with van der Waals surface area (Å²) in [7, 11) is 0. The van der Waals surface area contributed by atoms with Gasteiger partial charge < -0.3 is 5.11 Å². The van der Waals surface area contributed by atoms with Crippen LogP contribution in [0.4, 0.5) is 4.39 Å². The monoisotopic (exact) mass is 306 g/mol. The van der Waals surface area contributed by atoms with Crippen molar-refractivity contribution in [2.24, 2.45) is 0 Å². The highest BCUT2D eigenvalue weighted by Gasteiger charge is 2.15. The quantitative estimate of drug-likeness (QED) is 0.792. The molecule has 0 spiro atoms. The summed E-state index contributed by atoms with van der Waals surface area (Å²) in [5.41, 5.74) is 0.255. The Labute approximate surface area is 91.3 Å². The highest BCUT2D eigenvalue weighted by Crippen LogP contribution is 2.23. The van der Waals surface area contributed by atoms with Gasteiger partial charge in [0.25, 0.3) is 0 Å². The first kappa shape index (κ1) is 9.38. The molecule has 0 atom stereocenters. The maximum Gasteiger partial charge on any atom is 0.336 e. The van der Waals surface area contributed by atoms with Crippen molar-refractivity contribution in [1.29, 1.82) is 0 Å². The number of carbonyl (C=O) groups is 1.